The fraction of sp³-hybridized carbons (Fsp3) is 0.444. The second-order valence-electron chi connectivity index (χ2n) is 7.07. The zero-order valence-corrected chi connectivity index (χ0v) is 17.6. The van der Waals surface area contributed by atoms with Crippen molar-refractivity contribution in [2.45, 2.75) is 39.4 Å². The van der Waals surface area contributed by atoms with E-state index in [1.807, 2.05) is 19.9 Å². The van der Waals surface area contributed by atoms with Crippen LogP contribution in [0.1, 0.15) is 24.6 Å². The van der Waals surface area contributed by atoms with Crippen LogP contribution >= 0.6 is 11.3 Å². The van der Waals surface area contributed by atoms with E-state index in [0.717, 1.165) is 4.88 Å². The minimum Gasteiger partial charge on any atom is -0.466 e. The van der Waals surface area contributed by atoms with Crippen molar-refractivity contribution in [3.05, 3.63) is 39.6 Å². The highest BCUT2D eigenvalue weighted by Gasteiger charge is 2.38. The molecule has 0 radical (unpaired) electrons. The van der Waals surface area contributed by atoms with E-state index in [2.05, 4.69) is 31.0 Å². The first kappa shape index (κ1) is 19.5. The number of thiophene rings is 1. The Morgan fingerprint density at radius 2 is 1.48 bits per heavy atom. The summed E-state index contributed by atoms with van der Waals surface area (Å²) in [6, 6.07) is 4.13. The molecule has 0 fully saturated rings. The molecule has 7 heteroatoms. The van der Waals surface area contributed by atoms with Gasteiger partial charge in [0.25, 0.3) is 0 Å². The lowest BCUT2D eigenvalue weighted by Crippen LogP contribution is -2.35. The standard InChI is InChI=1S/C18H25NO4SSi/c1-10-14(17(20)22-3)16(15(11(2)19-10)18(21)23-4)12-8-9-13(24-12)25(5,6)7/h8-9,16,19H,1-7H3. The van der Waals surface area contributed by atoms with Gasteiger partial charge in [-0.3, -0.25) is 0 Å². The van der Waals surface area contributed by atoms with Crippen LogP contribution in [0.2, 0.25) is 19.6 Å². The quantitative estimate of drug-likeness (QED) is 0.644. The van der Waals surface area contributed by atoms with E-state index < -0.39 is 25.9 Å². The van der Waals surface area contributed by atoms with Crippen LogP contribution in [-0.2, 0) is 19.1 Å². The van der Waals surface area contributed by atoms with E-state index in [0.29, 0.717) is 22.5 Å². The molecule has 25 heavy (non-hydrogen) atoms. The molecule has 0 atom stereocenters. The Bertz CT molecular complexity index is 732. The highest BCUT2D eigenvalue weighted by Crippen LogP contribution is 2.40. The van der Waals surface area contributed by atoms with Crippen molar-refractivity contribution in [1.29, 1.82) is 0 Å². The average molecular weight is 380 g/mol. The van der Waals surface area contributed by atoms with E-state index in [1.54, 1.807) is 11.3 Å². The van der Waals surface area contributed by atoms with Crippen LogP contribution in [0.3, 0.4) is 0 Å². The molecule has 0 unspecified atom stereocenters. The van der Waals surface area contributed by atoms with E-state index in [1.165, 1.54) is 18.7 Å². The van der Waals surface area contributed by atoms with Crippen molar-refractivity contribution in [1.82, 2.24) is 5.32 Å². The molecular weight excluding hydrogens is 354 g/mol. The van der Waals surface area contributed by atoms with Crippen molar-refractivity contribution in [2.24, 2.45) is 0 Å². The van der Waals surface area contributed by atoms with Crippen LogP contribution in [0, 0.1) is 0 Å². The number of methoxy groups -OCH3 is 2. The van der Waals surface area contributed by atoms with Gasteiger partial charge in [-0.15, -0.1) is 11.3 Å². The van der Waals surface area contributed by atoms with Crippen LogP contribution in [0.25, 0.3) is 0 Å². The van der Waals surface area contributed by atoms with Gasteiger partial charge in [0.1, 0.15) is 0 Å². The summed E-state index contributed by atoms with van der Waals surface area (Å²) in [5.41, 5.74) is 2.31. The fourth-order valence-electron chi connectivity index (χ4n) is 2.95. The molecule has 1 aliphatic heterocycles. The molecule has 5 nitrogen and oxygen atoms in total. The van der Waals surface area contributed by atoms with Crippen LogP contribution < -0.4 is 9.82 Å². The maximum Gasteiger partial charge on any atom is 0.336 e. The number of ether oxygens (including phenoxy) is 2. The third-order valence-electron chi connectivity index (χ3n) is 4.22. The Kier molecular flexibility index (Phi) is 5.58. The highest BCUT2D eigenvalue weighted by molar-refractivity contribution is 7.26. The summed E-state index contributed by atoms with van der Waals surface area (Å²) in [5, 5.41) is 3.12. The third kappa shape index (κ3) is 3.72. The maximum absolute atomic E-state index is 12.4. The van der Waals surface area contributed by atoms with Crippen molar-refractivity contribution >= 4 is 35.8 Å². The fourth-order valence-corrected chi connectivity index (χ4v) is 5.99. The van der Waals surface area contributed by atoms with E-state index in [9.17, 15) is 9.59 Å². The lowest BCUT2D eigenvalue weighted by atomic mass is 9.84. The molecule has 0 bridgehead atoms. The first-order valence-corrected chi connectivity index (χ1v) is 12.4. The summed E-state index contributed by atoms with van der Waals surface area (Å²) in [6.45, 7) is 10.5. The van der Waals surface area contributed by atoms with E-state index in [4.69, 9.17) is 9.47 Å². The number of hydrogen-bond acceptors (Lipinski definition) is 6. The molecule has 1 aliphatic rings. The maximum atomic E-state index is 12.4. The average Bonchev–Trinajstić information content (AvgIpc) is 3.02. The van der Waals surface area contributed by atoms with Gasteiger partial charge >= 0.3 is 11.9 Å². The van der Waals surface area contributed by atoms with Crippen molar-refractivity contribution in [3.8, 4) is 0 Å². The van der Waals surface area contributed by atoms with Crippen LogP contribution in [0.5, 0.6) is 0 Å². The Morgan fingerprint density at radius 1 is 1.00 bits per heavy atom. The molecular formula is C18H25NO4SSi. The smallest absolute Gasteiger partial charge is 0.336 e. The molecule has 0 amide bonds. The van der Waals surface area contributed by atoms with Crippen molar-refractivity contribution in [3.63, 3.8) is 0 Å². The minimum atomic E-state index is -1.49. The van der Waals surface area contributed by atoms with Gasteiger partial charge in [0.15, 0.2) is 0 Å². The minimum absolute atomic E-state index is 0.438. The summed E-state index contributed by atoms with van der Waals surface area (Å²) in [4.78, 5) is 25.8. The van der Waals surface area contributed by atoms with Gasteiger partial charge < -0.3 is 14.8 Å². The van der Waals surface area contributed by atoms with Gasteiger partial charge in [0, 0.05) is 16.3 Å². The van der Waals surface area contributed by atoms with Gasteiger partial charge in [0.2, 0.25) is 0 Å². The number of carbonyl (C=O) groups excluding carboxylic acids is 2. The molecule has 0 saturated heterocycles. The number of esters is 2. The van der Waals surface area contributed by atoms with Crippen molar-refractivity contribution in [2.75, 3.05) is 14.2 Å². The predicted octanol–water partition coefficient (Wildman–Crippen LogP) is 2.87. The molecule has 2 heterocycles. The summed E-state index contributed by atoms with van der Waals surface area (Å²) in [5.74, 6) is -1.35. The Labute approximate surface area is 153 Å². The Morgan fingerprint density at radius 3 is 1.84 bits per heavy atom. The molecule has 2 rings (SSSR count). The predicted molar refractivity (Wildman–Crippen MR) is 103 cm³/mol. The second-order valence-corrected chi connectivity index (χ2v) is 13.6. The largest absolute Gasteiger partial charge is 0.466 e. The Hall–Kier alpha value is -1.86. The van der Waals surface area contributed by atoms with Gasteiger partial charge in [-0.25, -0.2) is 9.59 Å². The molecule has 0 spiro atoms. The van der Waals surface area contributed by atoms with Crippen LogP contribution in [0.4, 0.5) is 0 Å². The lowest BCUT2D eigenvalue weighted by molar-refractivity contribution is -0.137. The topological polar surface area (TPSA) is 64.6 Å². The van der Waals surface area contributed by atoms with E-state index in [-0.39, 0.29) is 0 Å². The lowest BCUT2D eigenvalue weighted by Gasteiger charge is -2.29. The number of rotatable bonds is 4. The van der Waals surface area contributed by atoms with Gasteiger partial charge in [-0.1, -0.05) is 25.7 Å². The third-order valence-corrected chi connectivity index (χ3v) is 8.97. The molecule has 136 valence electrons. The van der Waals surface area contributed by atoms with Gasteiger partial charge in [-0.05, 0) is 24.4 Å². The van der Waals surface area contributed by atoms with E-state index >= 15 is 0 Å². The normalized spacial score (nSPS) is 16.0. The molecule has 1 N–H and O–H groups in total. The summed E-state index contributed by atoms with van der Waals surface area (Å²) < 4.78 is 11.3. The molecule has 1 aromatic heterocycles. The zero-order chi connectivity index (χ0) is 18.9. The molecule has 0 aromatic carbocycles. The van der Waals surface area contributed by atoms with Gasteiger partial charge in [-0.2, -0.15) is 0 Å². The first-order valence-electron chi connectivity index (χ1n) is 8.07. The zero-order valence-electron chi connectivity index (χ0n) is 15.8. The van der Waals surface area contributed by atoms with Crippen LogP contribution in [0.15, 0.2) is 34.7 Å². The Balaban J connectivity index is 2.66. The number of nitrogens with one attached hydrogen (secondary N) is 1. The molecule has 0 aliphatic carbocycles. The summed E-state index contributed by atoms with van der Waals surface area (Å²) >= 11 is 1.66. The number of hydrogen-bond donors (Lipinski definition) is 1. The number of dihydropyridines is 1. The number of carbonyl (C=O) groups is 2. The summed E-state index contributed by atoms with van der Waals surface area (Å²) in [6.07, 6.45) is 0. The monoisotopic (exact) mass is 379 g/mol. The van der Waals surface area contributed by atoms with Gasteiger partial charge in [0.05, 0.1) is 39.4 Å². The summed E-state index contributed by atoms with van der Waals surface area (Å²) in [7, 11) is 1.22. The SMILES string of the molecule is COC(=O)C1=C(C)NC(C)=C(C(=O)OC)C1c1ccc([Si](C)(C)C)s1. The second kappa shape index (κ2) is 7.17. The molecule has 0 saturated carbocycles. The van der Waals surface area contributed by atoms with Crippen LogP contribution in [-0.4, -0.2) is 34.2 Å². The first-order chi connectivity index (χ1) is 11.6. The molecule has 1 aromatic rings. The van der Waals surface area contributed by atoms with Crippen molar-refractivity contribution < 1.29 is 19.1 Å². The highest BCUT2D eigenvalue weighted by atomic mass is 32.1. The number of allylic oxidation sites excluding steroid dienone is 2.